The molecule has 0 aliphatic heterocycles. The third kappa shape index (κ3) is 4.99. The monoisotopic (exact) mass is 356 g/mol. The predicted molar refractivity (Wildman–Crippen MR) is 79.7 cm³/mol. The highest BCUT2D eigenvalue weighted by molar-refractivity contribution is 9.10. The quantitative estimate of drug-likeness (QED) is 0.663. The van der Waals surface area contributed by atoms with Crippen molar-refractivity contribution >= 4 is 39.3 Å². The van der Waals surface area contributed by atoms with Crippen molar-refractivity contribution in [1.29, 1.82) is 0 Å². The summed E-state index contributed by atoms with van der Waals surface area (Å²) in [5.74, 6) is 0.967. The lowest BCUT2D eigenvalue weighted by atomic mass is 10.6. The number of nitrogens with zero attached hydrogens (tertiary/aromatic N) is 2. The lowest BCUT2D eigenvalue weighted by Crippen LogP contribution is -2.09. The van der Waals surface area contributed by atoms with Gasteiger partial charge in [-0.1, -0.05) is 25.4 Å². The Morgan fingerprint density at radius 2 is 2.22 bits per heavy atom. The molecule has 7 heteroatoms. The van der Waals surface area contributed by atoms with Crippen LogP contribution in [0.1, 0.15) is 20.8 Å². The summed E-state index contributed by atoms with van der Waals surface area (Å²) in [6, 6.07) is 0.478. The topological polar surface area (TPSA) is 36.3 Å². The van der Waals surface area contributed by atoms with E-state index >= 15 is 0 Å². The van der Waals surface area contributed by atoms with Gasteiger partial charge in [0.05, 0.1) is 13.2 Å². The number of ether oxygens (including phenoxy) is 2. The van der Waals surface area contributed by atoms with E-state index in [1.807, 2.05) is 18.7 Å². The molecule has 0 saturated heterocycles. The van der Waals surface area contributed by atoms with E-state index in [1.165, 1.54) is 0 Å². The van der Waals surface area contributed by atoms with Gasteiger partial charge < -0.3 is 9.47 Å². The number of hydrogen-bond donors (Lipinski definition) is 0. The minimum atomic E-state index is 0.353. The summed E-state index contributed by atoms with van der Waals surface area (Å²) in [4.78, 5) is 4.17. The van der Waals surface area contributed by atoms with Crippen molar-refractivity contribution in [2.75, 3.05) is 19.0 Å². The van der Waals surface area contributed by atoms with E-state index in [0.29, 0.717) is 41.0 Å². The van der Waals surface area contributed by atoms with Crippen LogP contribution in [0.5, 0.6) is 6.01 Å². The van der Waals surface area contributed by atoms with E-state index < -0.39 is 0 Å². The Bertz CT molecular complexity index is 374. The molecule has 0 N–H and O–H groups in total. The van der Waals surface area contributed by atoms with E-state index in [1.54, 1.807) is 4.57 Å². The third-order valence-electron chi connectivity index (χ3n) is 2.00. The zero-order valence-electron chi connectivity index (χ0n) is 10.8. The number of thioether (sulfide) groups is 1. The van der Waals surface area contributed by atoms with Crippen LogP contribution in [-0.4, -0.2) is 33.8 Å². The van der Waals surface area contributed by atoms with Gasteiger partial charge in [0, 0.05) is 5.75 Å². The molecule has 4 nitrogen and oxygen atoms in total. The standard InChI is InChI=1S/C11H18BrClN2O2S/c1-4-17-11-14-9(12)10(13)15(11)7-16-5-6-18-8(2)3/h8H,4-7H2,1-3H3. The summed E-state index contributed by atoms with van der Waals surface area (Å²) >= 11 is 11.2. The molecule has 0 aliphatic carbocycles. The molecular weight excluding hydrogens is 340 g/mol. The van der Waals surface area contributed by atoms with Gasteiger partial charge in [-0.3, -0.25) is 4.57 Å². The minimum absolute atomic E-state index is 0.353. The normalized spacial score (nSPS) is 11.2. The van der Waals surface area contributed by atoms with Gasteiger partial charge in [0.1, 0.15) is 16.5 Å². The van der Waals surface area contributed by atoms with Crippen LogP contribution in [-0.2, 0) is 11.5 Å². The zero-order chi connectivity index (χ0) is 13.5. The van der Waals surface area contributed by atoms with E-state index in [0.717, 1.165) is 5.75 Å². The molecule has 1 heterocycles. The first-order valence-corrected chi connectivity index (χ1v) is 8.01. The molecule has 104 valence electrons. The molecule has 1 aromatic heterocycles. The van der Waals surface area contributed by atoms with Gasteiger partial charge in [-0.25, -0.2) is 0 Å². The van der Waals surface area contributed by atoms with Crippen LogP contribution >= 0.6 is 39.3 Å². The summed E-state index contributed by atoms with van der Waals surface area (Å²) in [7, 11) is 0. The molecule has 18 heavy (non-hydrogen) atoms. The Morgan fingerprint density at radius 3 is 2.83 bits per heavy atom. The summed E-state index contributed by atoms with van der Waals surface area (Å²) in [5.41, 5.74) is 0. The summed E-state index contributed by atoms with van der Waals surface area (Å²) in [6.07, 6.45) is 0. The maximum absolute atomic E-state index is 6.10. The van der Waals surface area contributed by atoms with Gasteiger partial charge in [-0.15, -0.1) is 0 Å². The fourth-order valence-electron chi connectivity index (χ4n) is 1.24. The van der Waals surface area contributed by atoms with Crippen LogP contribution in [0.4, 0.5) is 0 Å². The van der Waals surface area contributed by atoms with Gasteiger partial charge in [-0.2, -0.15) is 16.7 Å². The average molecular weight is 358 g/mol. The van der Waals surface area contributed by atoms with Gasteiger partial charge in [0.25, 0.3) is 0 Å². The minimum Gasteiger partial charge on any atom is -0.465 e. The maximum atomic E-state index is 6.10. The molecule has 0 fully saturated rings. The van der Waals surface area contributed by atoms with Crippen molar-refractivity contribution in [1.82, 2.24) is 9.55 Å². The zero-order valence-corrected chi connectivity index (χ0v) is 13.9. The molecular formula is C11H18BrClN2O2S. The SMILES string of the molecule is CCOc1nc(Br)c(Cl)n1COCCSC(C)C. The highest BCUT2D eigenvalue weighted by atomic mass is 79.9. The fourth-order valence-corrected chi connectivity index (χ4v) is 2.45. The molecule has 0 bridgehead atoms. The Kier molecular flexibility index (Phi) is 7.44. The van der Waals surface area contributed by atoms with Crippen LogP contribution < -0.4 is 4.74 Å². The van der Waals surface area contributed by atoms with Crippen molar-refractivity contribution in [3.8, 4) is 6.01 Å². The summed E-state index contributed by atoms with van der Waals surface area (Å²) in [5, 5.41) is 1.12. The number of imidazole rings is 1. The molecule has 0 amide bonds. The molecule has 1 aromatic rings. The van der Waals surface area contributed by atoms with Gasteiger partial charge in [-0.05, 0) is 28.1 Å². The number of rotatable bonds is 8. The molecule has 1 rings (SSSR count). The third-order valence-corrected chi connectivity index (χ3v) is 4.24. The van der Waals surface area contributed by atoms with Gasteiger partial charge in [0.2, 0.25) is 0 Å². The van der Waals surface area contributed by atoms with Crippen LogP contribution in [0.2, 0.25) is 5.15 Å². The predicted octanol–water partition coefficient (Wildman–Crippen LogP) is 3.81. The maximum Gasteiger partial charge on any atom is 0.300 e. The molecule has 0 radical (unpaired) electrons. The highest BCUT2D eigenvalue weighted by Gasteiger charge is 2.14. The van der Waals surface area contributed by atoms with E-state index in [9.17, 15) is 0 Å². The fraction of sp³-hybridized carbons (Fsp3) is 0.727. The van der Waals surface area contributed by atoms with Crippen LogP contribution in [0.25, 0.3) is 0 Å². The van der Waals surface area contributed by atoms with Gasteiger partial charge in [0.15, 0.2) is 0 Å². The first kappa shape index (κ1) is 16.1. The van der Waals surface area contributed by atoms with Crippen LogP contribution in [0.15, 0.2) is 4.60 Å². The lowest BCUT2D eigenvalue weighted by Gasteiger charge is -2.10. The van der Waals surface area contributed by atoms with E-state index in [-0.39, 0.29) is 0 Å². The lowest BCUT2D eigenvalue weighted by molar-refractivity contribution is 0.0819. The first-order valence-electron chi connectivity index (χ1n) is 5.79. The molecule has 0 spiro atoms. The second-order valence-corrected chi connectivity index (χ2v) is 6.59. The summed E-state index contributed by atoms with van der Waals surface area (Å²) < 4.78 is 13.2. The molecule has 0 aromatic carbocycles. The number of hydrogen-bond acceptors (Lipinski definition) is 4. The van der Waals surface area contributed by atoms with Crippen molar-refractivity contribution in [2.24, 2.45) is 0 Å². The van der Waals surface area contributed by atoms with Gasteiger partial charge >= 0.3 is 6.01 Å². The molecule has 0 unspecified atom stereocenters. The molecule has 0 atom stereocenters. The second kappa shape index (κ2) is 8.30. The Labute approximate surface area is 126 Å². The van der Waals surface area contributed by atoms with E-state index in [2.05, 4.69) is 34.8 Å². The first-order chi connectivity index (χ1) is 8.56. The smallest absolute Gasteiger partial charge is 0.300 e. The Morgan fingerprint density at radius 1 is 1.50 bits per heavy atom. The largest absolute Gasteiger partial charge is 0.465 e. The Balaban J connectivity index is 2.45. The van der Waals surface area contributed by atoms with E-state index in [4.69, 9.17) is 21.1 Å². The number of aromatic nitrogens is 2. The highest BCUT2D eigenvalue weighted by Crippen LogP contribution is 2.27. The van der Waals surface area contributed by atoms with Crippen molar-refractivity contribution in [2.45, 2.75) is 32.8 Å². The Hall–Kier alpha value is 0.0900. The van der Waals surface area contributed by atoms with Crippen LogP contribution in [0.3, 0.4) is 0 Å². The molecule has 0 saturated carbocycles. The van der Waals surface area contributed by atoms with Crippen molar-refractivity contribution in [3.63, 3.8) is 0 Å². The van der Waals surface area contributed by atoms with Crippen molar-refractivity contribution in [3.05, 3.63) is 9.76 Å². The van der Waals surface area contributed by atoms with Crippen LogP contribution in [0, 0.1) is 0 Å². The molecule has 0 aliphatic rings. The number of halogens is 2. The second-order valence-electron chi connectivity index (χ2n) is 3.79. The summed E-state index contributed by atoms with van der Waals surface area (Å²) in [6.45, 7) is 7.82. The average Bonchev–Trinajstić information content (AvgIpc) is 2.56. The van der Waals surface area contributed by atoms with Crippen molar-refractivity contribution < 1.29 is 9.47 Å².